The van der Waals surface area contributed by atoms with Gasteiger partial charge in [0.1, 0.15) is 0 Å². The second-order valence-electron chi connectivity index (χ2n) is 2.18. The molecule has 0 fully saturated rings. The fourth-order valence-corrected chi connectivity index (χ4v) is 0.917. The van der Waals surface area contributed by atoms with Crippen LogP contribution in [-0.2, 0) is 0 Å². The maximum Gasteiger partial charge on any atom is 0.164 e. The van der Waals surface area contributed by atoms with E-state index in [1.807, 2.05) is 6.07 Å². The number of H-pyrrole nitrogens is 1. The number of hydrogen-bond acceptors (Lipinski definition) is 2. The Hall–Kier alpha value is -0.393. The normalized spacial score (nSPS) is 8.62. The second kappa shape index (κ2) is 5.36. The number of hydrogen-bond donors (Lipinski definition) is 1. The van der Waals surface area contributed by atoms with E-state index in [2.05, 4.69) is 16.0 Å². The first-order chi connectivity index (χ1) is 5.36. The number of aromatic nitrogens is 2. The molecule has 0 atom stereocenters. The molecule has 13 heavy (non-hydrogen) atoms. The Bertz CT molecular complexity index is 439. The number of nitrogens with one attached hydrogen (secondary N) is 1. The van der Waals surface area contributed by atoms with E-state index < -0.39 is 0 Å². The molecule has 0 saturated heterocycles. The molecule has 0 aliphatic heterocycles. The summed E-state index contributed by atoms with van der Waals surface area (Å²) in [5.41, 5.74) is 0.413. The van der Waals surface area contributed by atoms with Crippen LogP contribution in [0.1, 0.15) is 0 Å². The fourth-order valence-electron chi connectivity index (χ4n) is 0.917. The predicted molar refractivity (Wildman–Crippen MR) is 47.6 cm³/mol. The second-order valence-corrected chi connectivity index (χ2v) is 2.18. The van der Waals surface area contributed by atoms with Crippen molar-refractivity contribution in [2.75, 3.05) is 0 Å². The van der Waals surface area contributed by atoms with Gasteiger partial charge < -0.3 is 17.2 Å². The van der Waals surface area contributed by atoms with Crippen LogP contribution in [0.5, 0.6) is 0 Å². The molecule has 0 spiro atoms. The van der Waals surface area contributed by atoms with Gasteiger partial charge in [-0.2, -0.15) is 0 Å². The van der Waals surface area contributed by atoms with Crippen LogP contribution >= 0.6 is 0 Å². The van der Waals surface area contributed by atoms with Gasteiger partial charge in [-0.3, -0.25) is 4.98 Å². The number of rotatable bonds is 0. The van der Waals surface area contributed by atoms with Crippen LogP contribution in [0.25, 0.3) is 11.0 Å². The summed E-state index contributed by atoms with van der Waals surface area (Å²) in [6.45, 7) is 0. The van der Waals surface area contributed by atoms with Gasteiger partial charge in [-0.05, 0) is 0 Å². The van der Waals surface area contributed by atoms with E-state index in [0.29, 0.717) is 5.65 Å². The van der Waals surface area contributed by atoms with E-state index in [9.17, 15) is 4.79 Å². The molecule has 0 aliphatic rings. The SMILES string of the molecule is O=c1c[c-]c2cccnc2[nH]1.[CH3-].[Er]. The molecule has 2 rings (SSSR count). The first-order valence-electron chi connectivity index (χ1n) is 3.22. The molecule has 0 radical (unpaired) electrons. The summed E-state index contributed by atoms with van der Waals surface area (Å²) >= 11 is 0. The van der Waals surface area contributed by atoms with Gasteiger partial charge in [-0.1, -0.05) is 12.1 Å². The monoisotopic (exact) mass is 326 g/mol. The predicted octanol–water partition coefficient (Wildman–Crippen LogP) is 1.17. The summed E-state index contributed by atoms with van der Waals surface area (Å²) in [5, 5.41) is 0.826. The van der Waals surface area contributed by atoms with Crippen molar-refractivity contribution in [3.05, 3.63) is 48.2 Å². The first-order valence-corrected chi connectivity index (χ1v) is 3.22. The topological polar surface area (TPSA) is 45.8 Å². The zero-order valence-electron chi connectivity index (χ0n) is 6.95. The average molecular weight is 327 g/mol. The summed E-state index contributed by atoms with van der Waals surface area (Å²) in [6, 6.07) is 7.83. The molecular weight excluding hydrogens is 319 g/mol. The van der Waals surface area contributed by atoms with E-state index in [1.54, 1.807) is 12.3 Å². The van der Waals surface area contributed by atoms with Crippen LogP contribution in [0.2, 0.25) is 0 Å². The Kier molecular flexibility index (Phi) is 5.20. The van der Waals surface area contributed by atoms with Gasteiger partial charge in [-0.15, -0.1) is 17.5 Å². The molecule has 1 N–H and O–H groups in total. The summed E-state index contributed by atoms with van der Waals surface area (Å²) in [4.78, 5) is 17.3. The summed E-state index contributed by atoms with van der Waals surface area (Å²) < 4.78 is 0. The molecule has 2 aromatic rings. The van der Waals surface area contributed by atoms with Crippen LogP contribution in [0.15, 0.2) is 29.2 Å². The van der Waals surface area contributed by atoms with Crippen molar-refractivity contribution in [3.8, 4) is 0 Å². The fraction of sp³-hybridized carbons (Fsp3) is 0. The van der Waals surface area contributed by atoms with E-state index in [1.165, 1.54) is 6.07 Å². The molecule has 74 valence electrons. The van der Waals surface area contributed by atoms with E-state index in [0.717, 1.165) is 5.39 Å². The van der Waals surface area contributed by atoms with Crippen LogP contribution in [-0.4, -0.2) is 9.97 Å². The van der Waals surface area contributed by atoms with Gasteiger partial charge in [0, 0.05) is 49.1 Å². The summed E-state index contributed by atoms with van der Waals surface area (Å²) in [6.07, 6.45) is 1.63. The number of pyridine rings is 2. The molecule has 2 aromatic heterocycles. The Morgan fingerprint density at radius 2 is 2.23 bits per heavy atom. The van der Waals surface area contributed by atoms with Crippen LogP contribution in [0.3, 0.4) is 0 Å². The Morgan fingerprint density at radius 1 is 1.46 bits per heavy atom. The van der Waals surface area contributed by atoms with E-state index >= 15 is 0 Å². The number of nitrogens with zero attached hydrogens (tertiary/aromatic N) is 1. The Labute approximate surface area is 106 Å². The summed E-state index contributed by atoms with van der Waals surface area (Å²) in [5.74, 6) is 0. The quantitative estimate of drug-likeness (QED) is 0.739. The van der Waals surface area contributed by atoms with Crippen molar-refractivity contribution in [1.29, 1.82) is 0 Å². The van der Waals surface area contributed by atoms with Crippen LogP contribution in [0, 0.1) is 50.8 Å². The third-order valence-corrected chi connectivity index (χ3v) is 1.41. The van der Waals surface area contributed by atoms with Crippen molar-refractivity contribution in [2.45, 2.75) is 0 Å². The van der Waals surface area contributed by atoms with Crippen LogP contribution in [0.4, 0.5) is 0 Å². The molecule has 2 heterocycles. The zero-order valence-corrected chi connectivity index (χ0v) is 8.81. The standard InChI is InChI=1S/C8H5N2O.CH3.Er/c11-7-4-3-6-2-1-5-9-8(6)10-7;;/h1-2,4-5H,(H,9,10,11);1H3;/q2*-1;. The Morgan fingerprint density at radius 3 is 3.00 bits per heavy atom. The van der Waals surface area contributed by atoms with Crippen LogP contribution < -0.4 is 5.56 Å². The first kappa shape index (κ1) is 12.6. The molecule has 0 bridgehead atoms. The minimum Gasteiger partial charge on any atom is -0.387 e. The van der Waals surface area contributed by atoms with Gasteiger partial charge in [-0.25, -0.2) is 0 Å². The minimum absolute atomic E-state index is 0. The largest absolute Gasteiger partial charge is 0.387 e. The third-order valence-electron chi connectivity index (χ3n) is 1.41. The molecule has 0 amide bonds. The van der Waals surface area contributed by atoms with E-state index in [-0.39, 0.29) is 50.3 Å². The van der Waals surface area contributed by atoms with Crippen molar-refractivity contribution in [2.24, 2.45) is 0 Å². The van der Waals surface area contributed by atoms with Gasteiger partial charge in [0.05, 0.1) is 0 Å². The van der Waals surface area contributed by atoms with Crippen molar-refractivity contribution in [3.63, 3.8) is 0 Å². The molecule has 0 unspecified atom stereocenters. The zero-order chi connectivity index (χ0) is 7.68. The van der Waals surface area contributed by atoms with Gasteiger partial charge >= 0.3 is 0 Å². The smallest absolute Gasteiger partial charge is 0.164 e. The summed E-state index contributed by atoms with van der Waals surface area (Å²) in [7, 11) is 0. The van der Waals surface area contributed by atoms with Crippen molar-refractivity contribution >= 4 is 11.0 Å². The maximum absolute atomic E-state index is 10.8. The molecule has 4 heteroatoms. The molecule has 0 aromatic carbocycles. The number of aromatic amines is 1. The third kappa shape index (κ3) is 2.79. The maximum atomic E-state index is 10.8. The van der Waals surface area contributed by atoms with Gasteiger partial charge in [0.15, 0.2) is 5.56 Å². The van der Waals surface area contributed by atoms with Crippen molar-refractivity contribution < 1.29 is 37.3 Å². The molecule has 0 aliphatic carbocycles. The van der Waals surface area contributed by atoms with E-state index in [4.69, 9.17) is 0 Å². The Balaban J connectivity index is 0.000000720. The molecule has 3 nitrogen and oxygen atoms in total. The average Bonchev–Trinajstić information content (AvgIpc) is 2.04. The minimum atomic E-state index is -0.170. The molecular formula is C9H8ErN2O-2. The number of fused-ring (bicyclic) bond motifs is 1. The van der Waals surface area contributed by atoms with Crippen molar-refractivity contribution in [1.82, 2.24) is 9.97 Å². The van der Waals surface area contributed by atoms with Gasteiger partial charge in [0.2, 0.25) is 0 Å². The van der Waals surface area contributed by atoms with Gasteiger partial charge in [0.25, 0.3) is 0 Å². The molecule has 0 saturated carbocycles.